The van der Waals surface area contributed by atoms with Crippen LogP contribution in [0.4, 0.5) is 11.4 Å². The summed E-state index contributed by atoms with van der Waals surface area (Å²) in [5.41, 5.74) is 4.16. The number of para-hydroxylation sites is 1. The van der Waals surface area contributed by atoms with Crippen LogP contribution >= 0.6 is 11.8 Å². The number of rotatable bonds is 11. The van der Waals surface area contributed by atoms with Crippen molar-refractivity contribution in [2.75, 3.05) is 29.1 Å². The molecule has 0 aliphatic heterocycles. The summed E-state index contributed by atoms with van der Waals surface area (Å²) in [4.78, 5) is 14.8. The Bertz CT molecular complexity index is 1040. The first-order chi connectivity index (χ1) is 15.6. The Balaban J connectivity index is 1.73. The van der Waals surface area contributed by atoms with Crippen molar-refractivity contribution in [2.24, 2.45) is 0 Å². The van der Waals surface area contributed by atoms with E-state index < -0.39 is 0 Å². The maximum Gasteiger partial charge on any atom is 0.234 e. The van der Waals surface area contributed by atoms with Crippen LogP contribution in [0.1, 0.15) is 26.3 Å². The molecule has 0 spiro atoms. The lowest BCUT2D eigenvalue weighted by atomic mass is 10.1. The molecule has 0 radical (unpaired) electrons. The van der Waals surface area contributed by atoms with Crippen LogP contribution in [0.5, 0.6) is 0 Å². The minimum atomic E-state index is -0.0609. The number of nitrogens with zero attached hydrogens (tertiary/aromatic N) is 4. The molecule has 0 bridgehead atoms. The number of amides is 1. The summed E-state index contributed by atoms with van der Waals surface area (Å²) in [6.07, 6.45) is 2.69. The van der Waals surface area contributed by atoms with Crippen molar-refractivity contribution in [3.05, 3.63) is 66.7 Å². The Labute approximate surface area is 194 Å². The number of carbonyl (C=O) groups is 1. The fourth-order valence-corrected chi connectivity index (χ4v) is 4.33. The fraction of sp³-hybridized carbons (Fsp3) is 0.320. The van der Waals surface area contributed by atoms with Gasteiger partial charge in [-0.25, -0.2) is 0 Å². The van der Waals surface area contributed by atoms with Crippen molar-refractivity contribution in [3.8, 4) is 11.4 Å². The summed E-state index contributed by atoms with van der Waals surface area (Å²) in [5.74, 6) is 0.971. The summed E-state index contributed by atoms with van der Waals surface area (Å²) < 4.78 is 2.00. The van der Waals surface area contributed by atoms with Crippen LogP contribution in [0, 0.1) is 0 Å². The molecule has 0 aliphatic carbocycles. The summed E-state index contributed by atoms with van der Waals surface area (Å²) in [5, 5.41) is 12.5. The Morgan fingerprint density at radius 3 is 2.47 bits per heavy atom. The highest BCUT2D eigenvalue weighted by atomic mass is 32.2. The minimum absolute atomic E-state index is 0.0609. The Kier molecular flexibility index (Phi) is 8.50. The van der Waals surface area contributed by atoms with E-state index >= 15 is 0 Å². The molecule has 168 valence electrons. The number of aryl methyl sites for hydroxylation is 1. The molecule has 6 nitrogen and oxygen atoms in total. The van der Waals surface area contributed by atoms with Crippen LogP contribution in [0.3, 0.4) is 0 Å². The van der Waals surface area contributed by atoms with E-state index in [0.29, 0.717) is 11.7 Å². The van der Waals surface area contributed by atoms with Gasteiger partial charge < -0.3 is 10.2 Å². The number of hydrogen-bond donors (Lipinski definition) is 1. The molecular formula is C25H31N5OS. The van der Waals surface area contributed by atoms with Crippen LogP contribution < -0.4 is 10.2 Å². The van der Waals surface area contributed by atoms with Gasteiger partial charge in [0, 0.05) is 36.6 Å². The normalized spacial score (nSPS) is 10.7. The first-order valence-electron chi connectivity index (χ1n) is 11.0. The third-order valence-corrected chi connectivity index (χ3v) is 6.25. The summed E-state index contributed by atoms with van der Waals surface area (Å²) in [6, 6.07) is 16.2. The predicted octanol–water partition coefficient (Wildman–Crippen LogP) is 5.27. The van der Waals surface area contributed by atoms with Crippen molar-refractivity contribution in [2.45, 2.75) is 38.9 Å². The van der Waals surface area contributed by atoms with Crippen molar-refractivity contribution in [3.63, 3.8) is 0 Å². The zero-order valence-corrected chi connectivity index (χ0v) is 19.9. The van der Waals surface area contributed by atoms with Gasteiger partial charge in [0.1, 0.15) is 0 Å². The van der Waals surface area contributed by atoms with Crippen LogP contribution in [0.2, 0.25) is 0 Å². The van der Waals surface area contributed by atoms with Crippen molar-refractivity contribution in [1.82, 2.24) is 14.8 Å². The van der Waals surface area contributed by atoms with E-state index in [4.69, 9.17) is 0 Å². The molecule has 1 heterocycles. The maximum absolute atomic E-state index is 12.5. The molecule has 0 unspecified atom stereocenters. The predicted molar refractivity (Wildman–Crippen MR) is 134 cm³/mol. The van der Waals surface area contributed by atoms with Crippen LogP contribution in [0.25, 0.3) is 11.4 Å². The number of allylic oxidation sites excluding steroid dienone is 1. The standard InChI is InChI=1S/C25H31N5OS/c1-5-17-30-24(20-13-15-21(16-14-20)29(7-3)8-4)27-28-25(30)32-18-23(31)26-22-12-10-9-11-19(22)6-2/h5,9-16H,1,6-8,17-18H2,2-4H3,(H,26,31). The molecule has 0 saturated carbocycles. The molecule has 1 aromatic heterocycles. The van der Waals surface area contributed by atoms with Gasteiger partial charge in [-0.15, -0.1) is 16.8 Å². The Morgan fingerprint density at radius 2 is 1.81 bits per heavy atom. The first kappa shape index (κ1) is 23.6. The molecule has 0 fully saturated rings. The maximum atomic E-state index is 12.5. The van der Waals surface area contributed by atoms with Crippen LogP contribution in [-0.2, 0) is 17.8 Å². The zero-order valence-electron chi connectivity index (χ0n) is 19.0. The topological polar surface area (TPSA) is 63.1 Å². The van der Waals surface area contributed by atoms with Crippen LogP contribution in [-0.4, -0.2) is 39.5 Å². The van der Waals surface area contributed by atoms with Gasteiger partial charge in [-0.2, -0.15) is 0 Å². The third-order valence-electron chi connectivity index (χ3n) is 5.29. The molecule has 0 saturated heterocycles. The molecule has 3 aromatic rings. The largest absolute Gasteiger partial charge is 0.372 e. The lowest BCUT2D eigenvalue weighted by molar-refractivity contribution is -0.113. The number of nitrogens with one attached hydrogen (secondary N) is 1. The number of thioether (sulfide) groups is 1. The Morgan fingerprint density at radius 1 is 1.09 bits per heavy atom. The molecule has 0 aliphatic rings. The summed E-state index contributed by atoms with van der Waals surface area (Å²) in [6.45, 7) is 12.8. The lowest BCUT2D eigenvalue weighted by Crippen LogP contribution is -2.21. The van der Waals surface area contributed by atoms with Gasteiger partial charge in [0.2, 0.25) is 5.91 Å². The van der Waals surface area contributed by atoms with E-state index in [9.17, 15) is 4.79 Å². The minimum Gasteiger partial charge on any atom is -0.372 e. The van der Waals surface area contributed by atoms with Crippen molar-refractivity contribution >= 4 is 29.0 Å². The van der Waals surface area contributed by atoms with Gasteiger partial charge in [-0.3, -0.25) is 9.36 Å². The number of aromatic nitrogens is 3. The van der Waals surface area contributed by atoms with Gasteiger partial charge in [0.25, 0.3) is 0 Å². The highest BCUT2D eigenvalue weighted by molar-refractivity contribution is 7.99. The van der Waals surface area contributed by atoms with E-state index in [0.717, 1.165) is 42.1 Å². The third kappa shape index (κ3) is 5.59. The van der Waals surface area contributed by atoms with E-state index in [-0.39, 0.29) is 11.7 Å². The molecular weight excluding hydrogens is 418 g/mol. The van der Waals surface area contributed by atoms with Crippen molar-refractivity contribution < 1.29 is 4.79 Å². The van der Waals surface area contributed by atoms with E-state index in [1.165, 1.54) is 17.4 Å². The number of anilines is 2. The van der Waals surface area contributed by atoms with Gasteiger partial charge in [0.05, 0.1) is 5.75 Å². The number of carbonyl (C=O) groups excluding carboxylic acids is 1. The first-order valence-corrected chi connectivity index (χ1v) is 12.0. The smallest absolute Gasteiger partial charge is 0.234 e. The lowest BCUT2D eigenvalue weighted by Gasteiger charge is -2.21. The number of hydrogen-bond acceptors (Lipinski definition) is 5. The second kappa shape index (κ2) is 11.5. The zero-order chi connectivity index (χ0) is 22.9. The fourth-order valence-electron chi connectivity index (χ4n) is 3.58. The monoisotopic (exact) mass is 449 g/mol. The molecule has 3 rings (SSSR count). The molecule has 7 heteroatoms. The SMILES string of the molecule is C=CCn1c(SCC(=O)Nc2ccccc2CC)nnc1-c1ccc(N(CC)CC)cc1. The second-order valence-electron chi connectivity index (χ2n) is 7.27. The van der Waals surface area contributed by atoms with Gasteiger partial charge in [0.15, 0.2) is 11.0 Å². The number of benzene rings is 2. The quantitative estimate of drug-likeness (QED) is 0.319. The van der Waals surface area contributed by atoms with E-state index in [2.05, 4.69) is 72.0 Å². The van der Waals surface area contributed by atoms with E-state index in [1.54, 1.807) is 0 Å². The molecule has 1 amide bonds. The van der Waals surface area contributed by atoms with E-state index in [1.807, 2.05) is 34.9 Å². The van der Waals surface area contributed by atoms with Crippen molar-refractivity contribution in [1.29, 1.82) is 0 Å². The van der Waals surface area contributed by atoms with Gasteiger partial charge in [-0.1, -0.05) is 43.0 Å². The summed E-state index contributed by atoms with van der Waals surface area (Å²) >= 11 is 1.38. The molecule has 1 N–H and O–H groups in total. The van der Waals surface area contributed by atoms with Gasteiger partial charge in [-0.05, 0) is 56.2 Å². The molecule has 2 aromatic carbocycles. The highest BCUT2D eigenvalue weighted by Crippen LogP contribution is 2.26. The molecule has 0 atom stereocenters. The highest BCUT2D eigenvalue weighted by Gasteiger charge is 2.16. The van der Waals surface area contributed by atoms with Crippen LogP contribution in [0.15, 0.2) is 66.3 Å². The average Bonchev–Trinajstić information content (AvgIpc) is 3.22. The summed E-state index contributed by atoms with van der Waals surface area (Å²) in [7, 11) is 0. The molecule has 32 heavy (non-hydrogen) atoms. The van der Waals surface area contributed by atoms with Gasteiger partial charge >= 0.3 is 0 Å². The second-order valence-corrected chi connectivity index (χ2v) is 8.21. The average molecular weight is 450 g/mol. The Hall–Kier alpha value is -3.06.